The largest absolute Gasteiger partial charge is 0.309 e. The smallest absolute Gasteiger partial charge is 0.264 e. The maximum absolute atomic E-state index is 12.8. The van der Waals surface area contributed by atoms with Gasteiger partial charge < -0.3 is 9.88 Å². The van der Waals surface area contributed by atoms with Crippen molar-refractivity contribution < 1.29 is 4.79 Å². The van der Waals surface area contributed by atoms with Gasteiger partial charge in [-0.2, -0.15) is 0 Å². The van der Waals surface area contributed by atoms with Crippen LogP contribution in [0.4, 0.5) is 5.82 Å². The van der Waals surface area contributed by atoms with Gasteiger partial charge in [-0.05, 0) is 49.6 Å². The van der Waals surface area contributed by atoms with Crippen molar-refractivity contribution in [3.8, 4) is 0 Å². The molecule has 0 atom stereocenters. The molecular weight excluding hydrogens is 342 g/mol. The van der Waals surface area contributed by atoms with Crippen LogP contribution in [0.15, 0.2) is 47.8 Å². The standard InChI is InChI=1S/C20H21N5O2/c1-4-15-5-7-21-17(9-15)24-19(26)18-13(2)6-8-25(20(18)27)12-16-11-22-14(3)10-23-16/h5-11H,4,12H2,1-3H3,(H,21,24,26). The number of carbonyl (C=O) groups is 1. The molecule has 7 heteroatoms. The molecule has 0 aliphatic carbocycles. The van der Waals surface area contributed by atoms with Crippen molar-refractivity contribution in [2.24, 2.45) is 0 Å². The Kier molecular flexibility index (Phi) is 5.40. The number of anilines is 1. The molecule has 0 bridgehead atoms. The first-order valence-electron chi connectivity index (χ1n) is 8.71. The molecule has 1 amide bonds. The lowest BCUT2D eigenvalue weighted by Gasteiger charge is -2.11. The zero-order valence-corrected chi connectivity index (χ0v) is 15.6. The van der Waals surface area contributed by atoms with Gasteiger partial charge in [-0.15, -0.1) is 0 Å². The highest BCUT2D eigenvalue weighted by Gasteiger charge is 2.17. The van der Waals surface area contributed by atoms with Crippen LogP contribution in [0.3, 0.4) is 0 Å². The normalized spacial score (nSPS) is 10.6. The molecule has 3 heterocycles. The third-order valence-electron chi connectivity index (χ3n) is 4.24. The molecule has 0 aromatic carbocycles. The van der Waals surface area contributed by atoms with Crippen molar-refractivity contribution >= 4 is 11.7 Å². The van der Waals surface area contributed by atoms with E-state index in [0.717, 1.165) is 17.7 Å². The Balaban J connectivity index is 1.89. The zero-order valence-electron chi connectivity index (χ0n) is 15.6. The van der Waals surface area contributed by atoms with Gasteiger partial charge in [0.15, 0.2) is 0 Å². The molecule has 138 valence electrons. The Hall–Kier alpha value is -3.35. The third kappa shape index (κ3) is 4.25. The molecule has 7 nitrogen and oxygen atoms in total. The predicted octanol–water partition coefficient (Wildman–Crippen LogP) is 2.51. The molecule has 3 aromatic rings. The minimum Gasteiger partial charge on any atom is -0.309 e. The lowest BCUT2D eigenvalue weighted by molar-refractivity contribution is 0.102. The summed E-state index contributed by atoms with van der Waals surface area (Å²) >= 11 is 0. The molecule has 0 radical (unpaired) electrons. The van der Waals surface area contributed by atoms with Crippen molar-refractivity contribution in [2.75, 3.05) is 5.32 Å². The highest BCUT2D eigenvalue weighted by atomic mass is 16.2. The van der Waals surface area contributed by atoms with E-state index in [-0.39, 0.29) is 17.7 Å². The SMILES string of the molecule is CCc1ccnc(NC(=O)c2c(C)ccn(Cc3cnc(C)cn3)c2=O)c1. The first kappa shape index (κ1) is 18.4. The molecule has 3 rings (SSSR count). The summed E-state index contributed by atoms with van der Waals surface area (Å²) in [4.78, 5) is 38.2. The van der Waals surface area contributed by atoms with Crippen LogP contribution < -0.4 is 10.9 Å². The van der Waals surface area contributed by atoms with Crippen LogP contribution in [0, 0.1) is 13.8 Å². The Morgan fingerprint density at radius 3 is 2.67 bits per heavy atom. The van der Waals surface area contributed by atoms with Crippen LogP contribution in [0.1, 0.15) is 39.8 Å². The molecule has 0 spiro atoms. The lowest BCUT2D eigenvalue weighted by atomic mass is 10.1. The maximum Gasteiger partial charge on any atom is 0.264 e. The number of hydrogen-bond acceptors (Lipinski definition) is 5. The summed E-state index contributed by atoms with van der Waals surface area (Å²) in [5.74, 6) is -0.0412. The van der Waals surface area contributed by atoms with Crippen molar-refractivity contribution in [1.82, 2.24) is 19.5 Å². The van der Waals surface area contributed by atoms with Gasteiger partial charge in [0, 0.05) is 18.6 Å². The number of nitrogens with one attached hydrogen (secondary N) is 1. The van der Waals surface area contributed by atoms with Gasteiger partial charge in [-0.25, -0.2) is 4.98 Å². The minimum absolute atomic E-state index is 0.0984. The number of aryl methyl sites for hydroxylation is 3. The fourth-order valence-corrected chi connectivity index (χ4v) is 2.68. The monoisotopic (exact) mass is 363 g/mol. The van der Waals surface area contributed by atoms with E-state index in [2.05, 4.69) is 20.3 Å². The summed E-state index contributed by atoms with van der Waals surface area (Å²) in [6.45, 7) is 5.85. The molecule has 0 unspecified atom stereocenters. The summed E-state index contributed by atoms with van der Waals surface area (Å²) < 4.78 is 1.46. The summed E-state index contributed by atoms with van der Waals surface area (Å²) in [5.41, 5.74) is 2.84. The number of pyridine rings is 2. The van der Waals surface area contributed by atoms with Crippen molar-refractivity contribution in [1.29, 1.82) is 0 Å². The van der Waals surface area contributed by atoms with Crippen LogP contribution in [-0.2, 0) is 13.0 Å². The summed E-state index contributed by atoms with van der Waals surface area (Å²) in [5, 5.41) is 2.72. The van der Waals surface area contributed by atoms with Crippen LogP contribution in [0.2, 0.25) is 0 Å². The zero-order chi connectivity index (χ0) is 19.4. The van der Waals surface area contributed by atoms with Crippen LogP contribution in [0.25, 0.3) is 0 Å². The Morgan fingerprint density at radius 1 is 1.15 bits per heavy atom. The third-order valence-corrected chi connectivity index (χ3v) is 4.24. The van der Waals surface area contributed by atoms with E-state index in [1.165, 1.54) is 4.57 Å². The second kappa shape index (κ2) is 7.90. The number of carbonyl (C=O) groups excluding carboxylic acids is 1. The van der Waals surface area contributed by atoms with Crippen molar-refractivity contribution in [3.05, 3.63) is 81.4 Å². The van der Waals surface area contributed by atoms with Crippen LogP contribution >= 0.6 is 0 Å². The Bertz CT molecular complexity index is 1030. The van der Waals surface area contributed by atoms with Crippen molar-refractivity contribution in [2.45, 2.75) is 33.7 Å². The van der Waals surface area contributed by atoms with Crippen LogP contribution in [0.5, 0.6) is 0 Å². The quantitative estimate of drug-likeness (QED) is 0.752. The number of hydrogen-bond donors (Lipinski definition) is 1. The summed E-state index contributed by atoms with van der Waals surface area (Å²) in [6, 6.07) is 5.43. The molecule has 3 aromatic heterocycles. The van der Waals surface area contributed by atoms with Gasteiger partial charge in [-0.1, -0.05) is 6.92 Å². The molecule has 0 saturated heterocycles. The summed E-state index contributed by atoms with van der Waals surface area (Å²) in [7, 11) is 0. The van der Waals surface area contributed by atoms with E-state index in [4.69, 9.17) is 0 Å². The molecule has 27 heavy (non-hydrogen) atoms. The fraction of sp³-hybridized carbons (Fsp3) is 0.250. The van der Waals surface area contributed by atoms with Crippen LogP contribution in [-0.4, -0.2) is 25.4 Å². The molecule has 0 fully saturated rings. The van der Waals surface area contributed by atoms with Gasteiger partial charge in [0.2, 0.25) is 0 Å². The van der Waals surface area contributed by atoms with E-state index >= 15 is 0 Å². The first-order valence-corrected chi connectivity index (χ1v) is 8.71. The molecule has 0 aliphatic rings. The fourth-order valence-electron chi connectivity index (χ4n) is 2.68. The van der Waals surface area contributed by atoms with E-state index in [1.807, 2.05) is 19.9 Å². The van der Waals surface area contributed by atoms with Gasteiger partial charge >= 0.3 is 0 Å². The van der Waals surface area contributed by atoms with E-state index in [1.54, 1.807) is 43.8 Å². The molecular formula is C20H21N5O2. The highest BCUT2D eigenvalue weighted by molar-refractivity contribution is 6.04. The lowest BCUT2D eigenvalue weighted by Crippen LogP contribution is -2.30. The van der Waals surface area contributed by atoms with E-state index < -0.39 is 5.91 Å². The van der Waals surface area contributed by atoms with Gasteiger partial charge in [-0.3, -0.25) is 19.6 Å². The Morgan fingerprint density at radius 2 is 1.96 bits per heavy atom. The topological polar surface area (TPSA) is 89.8 Å². The average molecular weight is 363 g/mol. The van der Waals surface area contributed by atoms with E-state index in [0.29, 0.717) is 17.1 Å². The molecule has 1 N–H and O–H groups in total. The highest BCUT2D eigenvalue weighted by Crippen LogP contribution is 2.10. The number of amides is 1. The van der Waals surface area contributed by atoms with Gasteiger partial charge in [0.05, 0.1) is 24.1 Å². The van der Waals surface area contributed by atoms with Gasteiger partial charge in [0.25, 0.3) is 11.5 Å². The second-order valence-electron chi connectivity index (χ2n) is 6.31. The molecule has 0 saturated carbocycles. The van der Waals surface area contributed by atoms with E-state index in [9.17, 15) is 9.59 Å². The number of rotatable bonds is 5. The Labute approximate surface area is 157 Å². The van der Waals surface area contributed by atoms with Gasteiger partial charge in [0.1, 0.15) is 11.4 Å². The predicted molar refractivity (Wildman–Crippen MR) is 103 cm³/mol. The minimum atomic E-state index is -0.470. The van der Waals surface area contributed by atoms with Crippen molar-refractivity contribution in [3.63, 3.8) is 0 Å². The second-order valence-corrected chi connectivity index (χ2v) is 6.31. The number of aromatic nitrogens is 4. The molecule has 0 aliphatic heterocycles. The first-order chi connectivity index (χ1) is 13.0. The summed E-state index contributed by atoms with van der Waals surface area (Å²) in [6.07, 6.45) is 7.41. The number of nitrogens with zero attached hydrogens (tertiary/aromatic N) is 4. The average Bonchev–Trinajstić information content (AvgIpc) is 2.66. The maximum atomic E-state index is 12.8.